The van der Waals surface area contributed by atoms with Crippen LogP contribution in [0.2, 0.25) is 5.02 Å². The molecule has 0 atom stereocenters. The van der Waals surface area contributed by atoms with Crippen molar-refractivity contribution in [3.8, 4) is 0 Å². The maximum atomic E-state index is 6.26. The highest BCUT2D eigenvalue weighted by atomic mass is 35.5. The van der Waals surface area contributed by atoms with Crippen LogP contribution in [0.5, 0.6) is 0 Å². The molecule has 1 saturated heterocycles. The van der Waals surface area contributed by atoms with Gasteiger partial charge in [0.15, 0.2) is 0 Å². The fourth-order valence-electron chi connectivity index (χ4n) is 2.95. The Kier molecular flexibility index (Phi) is 7.31. The molecule has 2 N–H and O–H groups in total. The highest BCUT2D eigenvalue weighted by molar-refractivity contribution is 6.31. The summed E-state index contributed by atoms with van der Waals surface area (Å²) in [6.07, 6.45) is 0. The van der Waals surface area contributed by atoms with Gasteiger partial charge < -0.3 is 20.3 Å². The quantitative estimate of drug-likeness (QED) is 0.577. The van der Waals surface area contributed by atoms with Gasteiger partial charge in [-0.25, -0.2) is 0 Å². The van der Waals surface area contributed by atoms with E-state index in [4.69, 9.17) is 16.3 Å². The van der Waals surface area contributed by atoms with Crippen LogP contribution < -0.4 is 15.5 Å². The van der Waals surface area contributed by atoms with E-state index >= 15 is 0 Å². The summed E-state index contributed by atoms with van der Waals surface area (Å²) in [6, 6.07) is 13.9. The average molecular weight is 447 g/mol. The number of morpholine rings is 1. The summed E-state index contributed by atoms with van der Waals surface area (Å²) in [5, 5.41) is 7.20. The molecule has 9 heteroatoms. The molecule has 7 nitrogen and oxygen atoms in total. The van der Waals surface area contributed by atoms with Gasteiger partial charge in [-0.15, -0.1) is 12.4 Å². The van der Waals surface area contributed by atoms with Crippen molar-refractivity contribution in [1.82, 2.24) is 15.0 Å². The molecule has 1 aromatic heterocycles. The Bertz CT molecular complexity index is 993. The molecule has 0 spiro atoms. The number of nitrogens with zero attached hydrogens (tertiary/aromatic N) is 4. The summed E-state index contributed by atoms with van der Waals surface area (Å²) < 4.78 is 5.45. The number of halogens is 2. The number of hydrogen-bond donors (Lipinski definition) is 2. The molecule has 158 valence electrons. The predicted molar refractivity (Wildman–Crippen MR) is 124 cm³/mol. The molecule has 0 saturated carbocycles. The second-order valence-corrected chi connectivity index (χ2v) is 7.37. The first-order valence-corrected chi connectivity index (χ1v) is 9.90. The smallest absolute Gasteiger partial charge is 0.233 e. The van der Waals surface area contributed by atoms with Crippen LogP contribution in [-0.2, 0) is 4.74 Å². The molecule has 0 radical (unpaired) electrons. The fourth-order valence-corrected chi connectivity index (χ4v) is 3.13. The first-order chi connectivity index (χ1) is 14.1. The summed E-state index contributed by atoms with van der Waals surface area (Å²) in [5.74, 6) is 1.54. The van der Waals surface area contributed by atoms with Gasteiger partial charge in [0.25, 0.3) is 0 Å². The first-order valence-electron chi connectivity index (χ1n) is 9.52. The molecule has 2 aromatic carbocycles. The minimum Gasteiger partial charge on any atom is -0.378 e. The van der Waals surface area contributed by atoms with Crippen LogP contribution in [0.15, 0.2) is 42.5 Å². The minimum atomic E-state index is 0. The van der Waals surface area contributed by atoms with E-state index < -0.39 is 0 Å². The summed E-state index contributed by atoms with van der Waals surface area (Å²) in [4.78, 5) is 15.9. The zero-order chi connectivity index (χ0) is 20.2. The zero-order valence-corrected chi connectivity index (χ0v) is 18.4. The molecule has 1 fully saturated rings. The van der Waals surface area contributed by atoms with E-state index in [2.05, 4.69) is 37.4 Å². The molecule has 4 rings (SSSR count). The highest BCUT2D eigenvalue weighted by Gasteiger charge is 2.17. The van der Waals surface area contributed by atoms with Crippen LogP contribution >= 0.6 is 24.0 Å². The largest absolute Gasteiger partial charge is 0.378 e. The van der Waals surface area contributed by atoms with Crippen molar-refractivity contribution < 1.29 is 4.74 Å². The van der Waals surface area contributed by atoms with E-state index in [0.29, 0.717) is 36.1 Å². The number of hydrogen-bond acceptors (Lipinski definition) is 7. The van der Waals surface area contributed by atoms with Crippen molar-refractivity contribution in [1.29, 1.82) is 0 Å². The lowest BCUT2D eigenvalue weighted by Crippen LogP contribution is -2.37. The first kappa shape index (κ1) is 22.1. The zero-order valence-electron chi connectivity index (χ0n) is 16.9. The Morgan fingerprint density at radius 3 is 2.10 bits per heavy atom. The molecule has 0 bridgehead atoms. The number of nitrogens with one attached hydrogen (secondary N) is 2. The van der Waals surface area contributed by atoms with Gasteiger partial charge in [-0.2, -0.15) is 15.0 Å². The molecule has 1 aliphatic rings. The lowest BCUT2D eigenvalue weighted by molar-refractivity contribution is 0.122. The second-order valence-electron chi connectivity index (χ2n) is 6.96. The highest BCUT2D eigenvalue weighted by Crippen LogP contribution is 2.24. The SMILES string of the molecule is Cc1ccc(Nc2nc(Nc3ccc(C)c(Cl)c3)nc(N3CCOCC3)n2)cc1.Cl. The Labute approximate surface area is 187 Å². The summed E-state index contributed by atoms with van der Waals surface area (Å²) in [5.41, 5.74) is 3.95. The summed E-state index contributed by atoms with van der Waals surface area (Å²) in [6.45, 7) is 6.81. The van der Waals surface area contributed by atoms with E-state index in [9.17, 15) is 0 Å². The molecule has 3 aromatic rings. The van der Waals surface area contributed by atoms with Crippen molar-refractivity contribution in [3.05, 3.63) is 58.6 Å². The van der Waals surface area contributed by atoms with Gasteiger partial charge >= 0.3 is 0 Å². The van der Waals surface area contributed by atoms with Crippen molar-refractivity contribution >= 4 is 53.2 Å². The van der Waals surface area contributed by atoms with Crippen molar-refractivity contribution in [2.45, 2.75) is 13.8 Å². The lowest BCUT2D eigenvalue weighted by Gasteiger charge is -2.27. The number of rotatable bonds is 5. The molecule has 1 aliphatic heterocycles. The molecule has 0 unspecified atom stereocenters. The van der Waals surface area contributed by atoms with E-state index in [1.54, 1.807) is 0 Å². The van der Waals surface area contributed by atoms with Gasteiger partial charge in [0, 0.05) is 29.5 Å². The normalized spacial score (nSPS) is 13.5. The van der Waals surface area contributed by atoms with Crippen molar-refractivity contribution in [2.24, 2.45) is 0 Å². The van der Waals surface area contributed by atoms with Crippen LogP contribution in [0.25, 0.3) is 0 Å². The van der Waals surface area contributed by atoms with Crippen LogP contribution in [0, 0.1) is 13.8 Å². The number of ether oxygens (including phenoxy) is 1. The Morgan fingerprint density at radius 2 is 1.47 bits per heavy atom. The third-order valence-electron chi connectivity index (χ3n) is 4.65. The van der Waals surface area contributed by atoms with Crippen molar-refractivity contribution in [2.75, 3.05) is 41.8 Å². The van der Waals surface area contributed by atoms with E-state index in [0.717, 1.165) is 30.0 Å². The number of aromatic nitrogens is 3. The number of aryl methyl sites for hydroxylation is 2. The number of benzene rings is 2. The van der Waals surface area contributed by atoms with E-state index in [1.165, 1.54) is 5.56 Å². The van der Waals surface area contributed by atoms with E-state index in [1.807, 2.05) is 49.4 Å². The molecular weight excluding hydrogens is 423 g/mol. The monoisotopic (exact) mass is 446 g/mol. The van der Waals surface area contributed by atoms with Gasteiger partial charge in [-0.05, 0) is 43.7 Å². The van der Waals surface area contributed by atoms with Gasteiger partial charge in [0.05, 0.1) is 13.2 Å². The van der Waals surface area contributed by atoms with E-state index in [-0.39, 0.29) is 12.4 Å². The topological polar surface area (TPSA) is 75.2 Å². The summed E-state index contributed by atoms with van der Waals surface area (Å²) >= 11 is 6.26. The maximum absolute atomic E-state index is 6.26. The second kappa shape index (κ2) is 9.93. The minimum absolute atomic E-state index is 0. The standard InChI is InChI=1S/C21H23ClN6O.ClH/c1-14-3-6-16(7-4-14)23-19-25-20(24-17-8-5-15(2)18(22)13-17)27-21(26-19)28-9-11-29-12-10-28;/h3-8,13H,9-12H2,1-2H3,(H2,23,24,25,26,27);1H. The molecular formula is C21H24Cl2N6O. The maximum Gasteiger partial charge on any atom is 0.233 e. The van der Waals surface area contributed by atoms with Crippen LogP contribution in [0.3, 0.4) is 0 Å². The molecule has 0 amide bonds. The van der Waals surface area contributed by atoms with Gasteiger partial charge in [-0.3, -0.25) is 0 Å². The van der Waals surface area contributed by atoms with Gasteiger partial charge in [-0.1, -0.05) is 35.4 Å². The Morgan fingerprint density at radius 1 is 0.867 bits per heavy atom. The van der Waals surface area contributed by atoms with Crippen molar-refractivity contribution in [3.63, 3.8) is 0 Å². The predicted octanol–water partition coefficient (Wildman–Crippen LogP) is 4.89. The lowest BCUT2D eigenvalue weighted by atomic mass is 10.2. The van der Waals surface area contributed by atoms with Crippen LogP contribution in [0.4, 0.5) is 29.2 Å². The number of anilines is 5. The molecule has 30 heavy (non-hydrogen) atoms. The Hall–Kier alpha value is -2.61. The third kappa shape index (κ3) is 5.50. The third-order valence-corrected chi connectivity index (χ3v) is 5.06. The van der Waals surface area contributed by atoms with Gasteiger partial charge in [0.1, 0.15) is 0 Å². The van der Waals surface area contributed by atoms with Gasteiger partial charge in [0.2, 0.25) is 17.8 Å². The van der Waals surface area contributed by atoms with Crippen LogP contribution in [0.1, 0.15) is 11.1 Å². The molecule has 2 heterocycles. The van der Waals surface area contributed by atoms with Crippen LogP contribution in [-0.4, -0.2) is 41.3 Å². The summed E-state index contributed by atoms with van der Waals surface area (Å²) in [7, 11) is 0. The molecule has 0 aliphatic carbocycles. The average Bonchev–Trinajstić information content (AvgIpc) is 2.73. The fraction of sp³-hybridized carbons (Fsp3) is 0.286. The Balaban J connectivity index is 0.00000256.